The standard InChI is InChI=1S/C15H22N2O3S/c1-9-6-13(21(16,19)20)7-14(11(9)3)15(18)17(4)8-12-5-10(12)2/h6-7,10,12H,5,8H2,1-4H3,(H2,16,19,20). The summed E-state index contributed by atoms with van der Waals surface area (Å²) in [5, 5.41) is 5.18. The van der Waals surface area contributed by atoms with Gasteiger partial charge in [-0.15, -0.1) is 0 Å². The monoisotopic (exact) mass is 310 g/mol. The summed E-state index contributed by atoms with van der Waals surface area (Å²) in [6.45, 7) is 6.48. The van der Waals surface area contributed by atoms with Crippen LogP contribution in [0.2, 0.25) is 0 Å². The number of aryl methyl sites for hydroxylation is 1. The molecule has 2 N–H and O–H groups in total. The molecule has 0 spiro atoms. The largest absolute Gasteiger partial charge is 0.341 e. The first kappa shape index (κ1) is 16.0. The molecule has 1 saturated carbocycles. The van der Waals surface area contributed by atoms with Gasteiger partial charge in [0.15, 0.2) is 0 Å². The SMILES string of the molecule is Cc1cc(S(N)(=O)=O)cc(C(=O)N(C)CC2CC2C)c1C. The molecule has 1 aliphatic rings. The van der Waals surface area contributed by atoms with Gasteiger partial charge in [-0.3, -0.25) is 4.79 Å². The van der Waals surface area contributed by atoms with Gasteiger partial charge >= 0.3 is 0 Å². The molecule has 1 fully saturated rings. The van der Waals surface area contributed by atoms with Crippen LogP contribution in [0.5, 0.6) is 0 Å². The van der Waals surface area contributed by atoms with E-state index in [1.165, 1.54) is 12.1 Å². The highest BCUT2D eigenvalue weighted by Gasteiger charge is 2.34. The first-order valence-electron chi connectivity index (χ1n) is 7.00. The molecule has 1 aromatic rings. The van der Waals surface area contributed by atoms with Gasteiger partial charge in [-0.2, -0.15) is 0 Å². The van der Waals surface area contributed by atoms with Gasteiger partial charge in [0.05, 0.1) is 4.90 Å². The number of benzene rings is 1. The van der Waals surface area contributed by atoms with Gasteiger partial charge in [0.1, 0.15) is 0 Å². The minimum absolute atomic E-state index is 0.0119. The maximum atomic E-state index is 12.6. The van der Waals surface area contributed by atoms with Gasteiger partial charge in [0, 0.05) is 19.2 Å². The lowest BCUT2D eigenvalue weighted by atomic mass is 10.0. The lowest BCUT2D eigenvalue weighted by Gasteiger charge is -2.19. The maximum absolute atomic E-state index is 12.6. The van der Waals surface area contributed by atoms with Crippen LogP contribution in [0.4, 0.5) is 0 Å². The Balaban J connectivity index is 2.33. The second-order valence-electron chi connectivity index (χ2n) is 6.12. The molecule has 116 valence electrons. The molecule has 0 aromatic heterocycles. The number of sulfonamides is 1. The highest BCUT2D eigenvalue weighted by molar-refractivity contribution is 7.89. The van der Waals surface area contributed by atoms with Crippen LogP contribution in [0.3, 0.4) is 0 Å². The quantitative estimate of drug-likeness (QED) is 0.918. The smallest absolute Gasteiger partial charge is 0.253 e. The number of nitrogens with zero attached hydrogens (tertiary/aromatic N) is 1. The third-order valence-corrected chi connectivity index (χ3v) is 5.22. The predicted molar refractivity (Wildman–Crippen MR) is 81.5 cm³/mol. The molecule has 0 saturated heterocycles. The van der Waals surface area contributed by atoms with Crippen molar-refractivity contribution >= 4 is 15.9 Å². The van der Waals surface area contributed by atoms with Crippen molar-refractivity contribution in [3.63, 3.8) is 0 Å². The minimum Gasteiger partial charge on any atom is -0.341 e. The fourth-order valence-electron chi connectivity index (χ4n) is 2.51. The molecule has 5 nitrogen and oxygen atoms in total. The van der Waals surface area contributed by atoms with Crippen molar-refractivity contribution < 1.29 is 13.2 Å². The lowest BCUT2D eigenvalue weighted by Crippen LogP contribution is -2.30. The molecule has 0 aliphatic heterocycles. The van der Waals surface area contributed by atoms with E-state index >= 15 is 0 Å². The van der Waals surface area contributed by atoms with Crippen molar-refractivity contribution in [2.45, 2.75) is 32.1 Å². The molecular weight excluding hydrogens is 288 g/mol. The van der Waals surface area contributed by atoms with E-state index in [1.54, 1.807) is 18.9 Å². The topological polar surface area (TPSA) is 80.5 Å². The van der Waals surface area contributed by atoms with Gasteiger partial charge in [-0.1, -0.05) is 6.92 Å². The normalized spacial score (nSPS) is 21.2. The molecule has 0 bridgehead atoms. The van der Waals surface area contributed by atoms with Crippen molar-refractivity contribution in [2.24, 2.45) is 17.0 Å². The molecule has 1 amide bonds. The van der Waals surface area contributed by atoms with Crippen molar-refractivity contribution in [3.05, 3.63) is 28.8 Å². The molecule has 2 unspecified atom stereocenters. The Kier molecular flexibility index (Phi) is 4.13. The average molecular weight is 310 g/mol. The zero-order valence-corrected chi connectivity index (χ0v) is 13.7. The lowest BCUT2D eigenvalue weighted by molar-refractivity contribution is 0.0786. The molecule has 2 rings (SSSR count). The Morgan fingerprint density at radius 3 is 2.43 bits per heavy atom. The van der Waals surface area contributed by atoms with Crippen molar-refractivity contribution in [2.75, 3.05) is 13.6 Å². The highest BCUT2D eigenvalue weighted by atomic mass is 32.2. The fourth-order valence-corrected chi connectivity index (χ4v) is 3.13. The third kappa shape index (κ3) is 3.44. The van der Waals surface area contributed by atoms with E-state index in [9.17, 15) is 13.2 Å². The fraction of sp³-hybridized carbons (Fsp3) is 0.533. The predicted octanol–water partition coefficient (Wildman–Crippen LogP) is 1.68. The van der Waals surface area contributed by atoms with E-state index in [0.29, 0.717) is 23.9 Å². The third-order valence-electron chi connectivity index (χ3n) is 4.33. The van der Waals surface area contributed by atoms with Crippen molar-refractivity contribution in [1.29, 1.82) is 0 Å². The first-order chi connectivity index (χ1) is 9.61. The van der Waals surface area contributed by atoms with Crippen LogP contribution in [0, 0.1) is 25.7 Å². The Morgan fingerprint density at radius 2 is 1.95 bits per heavy atom. The van der Waals surface area contributed by atoms with Gasteiger partial charge in [-0.25, -0.2) is 13.6 Å². The van der Waals surface area contributed by atoms with Crippen LogP contribution in [-0.4, -0.2) is 32.8 Å². The molecule has 2 atom stereocenters. The Morgan fingerprint density at radius 1 is 1.38 bits per heavy atom. The molecular formula is C15H22N2O3S. The summed E-state index contributed by atoms with van der Waals surface area (Å²) in [6, 6.07) is 2.89. The zero-order valence-electron chi connectivity index (χ0n) is 12.9. The molecule has 1 aromatic carbocycles. The van der Waals surface area contributed by atoms with Crippen LogP contribution >= 0.6 is 0 Å². The summed E-state index contributed by atoms with van der Waals surface area (Å²) in [4.78, 5) is 14.2. The molecule has 0 radical (unpaired) electrons. The van der Waals surface area contributed by atoms with Crippen LogP contribution in [0.25, 0.3) is 0 Å². The Hall–Kier alpha value is -1.40. The second kappa shape index (κ2) is 5.42. The molecule has 1 aliphatic carbocycles. The van der Waals surface area contributed by atoms with Gasteiger partial charge in [0.2, 0.25) is 10.0 Å². The summed E-state index contributed by atoms with van der Waals surface area (Å²) in [6.07, 6.45) is 1.15. The number of nitrogens with two attached hydrogens (primary N) is 1. The average Bonchev–Trinajstić information content (AvgIpc) is 3.05. The van der Waals surface area contributed by atoms with Gasteiger partial charge < -0.3 is 4.90 Å². The number of carbonyl (C=O) groups excluding carboxylic acids is 1. The van der Waals surface area contributed by atoms with Crippen LogP contribution in [0.15, 0.2) is 17.0 Å². The summed E-state index contributed by atoms with van der Waals surface area (Å²) < 4.78 is 23.0. The summed E-state index contributed by atoms with van der Waals surface area (Å²) in [5.74, 6) is 1.07. The Bertz CT molecular complexity index is 682. The van der Waals surface area contributed by atoms with E-state index in [-0.39, 0.29) is 10.8 Å². The number of hydrogen-bond acceptors (Lipinski definition) is 3. The number of hydrogen-bond donors (Lipinski definition) is 1. The zero-order chi connectivity index (χ0) is 15.9. The second-order valence-corrected chi connectivity index (χ2v) is 7.68. The number of primary sulfonamides is 1. The molecule has 6 heteroatoms. The van der Waals surface area contributed by atoms with E-state index in [4.69, 9.17) is 5.14 Å². The number of rotatable bonds is 4. The number of amides is 1. The Labute approximate surface area is 126 Å². The van der Waals surface area contributed by atoms with Crippen LogP contribution < -0.4 is 5.14 Å². The maximum Gasteiger partial charge on any atom is 0.253 e. The van der Waals surface area contributed by atoms with Crippen molar-refractivity contribution in [1.82, 2.24) is 4.90 Å². The van der Waals surface area contributed by atoms with E-state index in [0.717, 1.165) is 17.5 Å². The van der Waals surface area contributed by atoms with Crippen LogP contribution in [0.1, 0.15) is 34.8 Å². The molecule has 0 heterocycles. The van der Waals surface area contributed by atoms with E-state index < -0.39 is 10.0 Å². The first-order valence-corrected chi connectivity index (χ1v) is 8.55. The molecule has 21 heavy (non-hydrogen) atoms. The number of carbonyl (C=O) groups is 1. The summed E-state index contributed by atoms with van der Waals surface area (Å²) in [5.41, 5.74) is 1.95. The van der Waals surface area contributed by atoms with Gasteiger partial charge in [-0.05, 0) is 55.4 Å². The summed E-state index contributed by atoms with van der Waals surface area (Å²) >= 11 is 0. The van der Waals surface area contributed by atoms with E-state index in [2.05, 4.69) is 6.92 Å². The van der Waals surface area contributed by atoms with Crippen molar-refractivity contribution in [3.8, 4) is 0 Å². The minimum atomic E-state index is -3.81. The van der Waals surface area contributed by atoms with Gasteiger partial charge in [0.25, 0.3) is 5.91 Å². The highest BCUT2D eigenvalue weighted by Crippen LogP contribution is 2.38. The summed E-state index contributed by atoms with van der Waals surface area (Å²) in [7, 11) is -2.06. The van der Waals surface area contributed by atoms with Crippen LogP contribution in [-0.2, 0) is 10.0 Å². The van der Waals surface area contributed by atoms with E-state index in [1.807, 2.05) is 6.92 Å².